The van der Waals surface area contributed by atoms with Crippen LogP contribution in [0.4, 0.5) is 0 Å². The Morgan fingerprint density at radius 2 is 1.70 bits per heavy atom. The average Bonchev–Trinajstić information content (AvgIpc) is 2.79. The van der Waals surface area contributed by atoms with E-state index in [9.17, 15) is 9.90 Å². The minimum Gasteiger partial charge on any atom is -0.496 e. The molecule has 0 saturated carbocycles. The Morgan fingerprint density at radius 1 is 1.03 bits per heavy atom. The summed E-state index contributed by atoms with van der Waals surface area (Å²) in [5.41, 5.74) is 2.99. The van der Waals surface area contributed by atoms with Crippen molar-refractivity contribution < 1.29 is 19.4 Å². The SMILES string of the molecule is COc1cccc(OC)c1C(c1ccnc2ccccc12)N1CCC(C(=O)O)CC1. The fraction of sp³-hybridized carbons (Fsp3) is 0.333. The maximum Gasteiger partial charge on any atom is 0.306 e. The van der Waals surface area contributed by atoms with Crippen LogP contribution in [0.25, 0.3) is 10.9 Å². The molecule has 2 aromatic carbocycles. The fourth-order valence-electron chi connectivity index (χ4n) is 4.45. The van der Waals surface area contributed by atoms with E-state index in [1.54, 1.807) is 14.2 Å². The molecule has 1 fully saturated rings. The predicted octanol–water partition coefficient (Wildman–Crippen LogP) is 4.14. The Labute approximate surface area is 176 Å². The van der Waals surface area contributed by atoms with E-state index in [0.717, 1.165) is 33.5 Å². The van der Waals surface area contributed by atoms with Crippen molar-refractivity contribution in [3.8, 4) is 11.5 Å². The zero-order chi connectivity index (χ0) is 21.1. The minimum absolute atomic E-state index is 0.140. The van der Waals surface area contributed by atoms with Crippen LogP contribution >= 0.6 is 0 Å². The number of hydrogen-bond donors (Lipinski definition) is 1. The summed E-state index contributed by atoms with van der Waals surface area (Å²) in [5, 5.41) is 10.5. The van der Waals surface area contributed by atoms with Gasteiger partial charge in [-0.05, 0) is 55.8 Å². The van der Waals surface area contributed by atoms with E-state index >= 15 is 0 Å². The molecule has 1 saturated heterocycles. The van der Waals surface area contributed by atoms with Crippen LogP contribution < -0.4 is 9.47 Å². The Morgan fingerprint density at radius 3 is 2.33 bits per heavy atom. The number of carboxylic acids is 1. The summed E-state index contributed by atoms with van der Waals surface area (Å²) in [6.45, 7) is 1.36. The van der Waals surface area contributed by atoms with Crippen LogP contribution in [-0.2, 0) is 4.79 Å². The van der Waals surface area contributed by atoms with Crippen molar-refractivity contribution in [1.29, 1.82) is 0 Å². The van der Waals surface area contributed by atoms with Gasteiger partial charge in [0, 0.05) is 11.6 Å². The molecule has 156 valence electrons. The smallest absolute Gasteiger partial charge is 0.306 e. The minimum atomic E-state index is -0.713. The van der Waals surface area contributed by atoms with Gasteiger partial charge in [0.25, 0.3) is 0 Å². The van der Waals surface area contributed by atoms with Crippen LogP contribution in [-0.4, -0.2) is 48.3 Å². The zero-order valence-electron chi connectivity index (χ0n) is 17.2. The van der Waals surface area contributed by atoms with E-state index in [0.29, 0.717) is 25.9 Å². The molecule has 0 radical (unpaired) electrons. The third-order valence-electron chi connectivity index (χ3n) is 5.96. The number of fused-ring (bicyclic) bond motifs is 1. The molecule has 1 aromatic heterocycles. The summed E-state index contributed by atoms with van der Waals surface area (Å²) in [6, 6.07) is 15.8. The normalized spacial score (nSPS) is 16.3. The second kappa shape index (κ2) is 8.71. The Balaban J connectivity index is 1.88. The number of para-hydroxylation sites is 1. The van der Waals surface area contributed by atoms with Gasteiger partial charge in [0.1, 0.15) is 11.5 Å². The van der Waals surface area contributed by atoms with E-state index in [-0.39, 0.29) is 12.0 Å². The number of ether oxygens (including phenoxy) is 2. The van der Waals surface area contributed by atoms with E-state index in [1.807, 2.05) is 48.7 Å². The van der Waals surface area contributed by atoms with Crippen molar-refractivity contribution in [2.24, 2.45) is 5.92 Å². The molecule has 1 aliphatic rings. The number of hydrogen-bond acceptors (Lipinski definition) is 5. The third-order valence-corrected chi connectivity index (χ3v) is 5.96. The van der Waals surface area contributed by atoms with Gasteiger partial charge in [-0.3, -0.25) is 14.7 Å². The molecule has 30 heavy (non-hydrogen) atoms. The molecule has 0 amide bonds. The van der Waals surface area contributed by atoms with Crippen molar-refractivity contribution in [3.63, 3.8) is 0 Å². The van der Waals surface area contributed by atoms with Crippen LogP contribution in [0.1, 0.15) is 30.0 Å². The number of pyridine rings is 1. The van der Waals surface area contributed by atoms with Crippen molar-refractivity contribution in [1.82, 2.24) is 9.88 Å². The van der Waals surface area contributed by atoms with Crippen LogP contribution in [0.5, 0.6) is 11.5 Å². The summed E-state index contributed by atoms with van der Waals surface area (Å²) in [5.74, 6) is 0.493. The maximum atomic E-state index is 11.5. The van der Waals surface area contributed by atoms with Gasteiger partial charge in [0.2, 0.25) is 0 Å². The number of aromatic nitrogens is 1. The standard InChI is InChI=1S/C24H26N2O4/c1-29-20-8-5-9-21(30-2)22(20)23(26-14-11-16(12-15-26)24(27)28)18-10-13-25-19-7-4-3-6-17(18)19/h3-10,13,16,23H,11-12,14-15H2,1-2H3,(H,27,28). The first-order valence-electron chi connectivity index (χ1n) is 10.2. The Kier molecular flexibility index (Phi) is 5.86. The van der Waals surface area contributed by atoms with Gasteiger partial charge in [-0.25, -0.2) is 0 Å². The molecular formula is C24H26N2O4. The van der Waals surface area contributed by atoms with Crippen LogP contribution in [0.3, 0.4) is 0 Å². The lowest BCUT2D eigenvalue weighted by Crippen LogP contribution is -2.39. The largest absolute Gasteiger partial charge is 0.496 e. The van der Waals surface area contributed by atoms with Gasteiger partial charge < -0.3 is 14.6 Å². The number of benzene rings is 2. The van der Waals surface area contributed by atoms with E-state index in [1.165, 1.54) is 0 Å². The van der Waals surface area contributed by atoms with Crippen molar-refractivity contribution in [2.75, 3.05) is 27.3 Å². The van der Waals surface area contributed by atoms with Crippen molar-refractivity contribution in [2.45, 2.75) is 18.9 Å². The highest BCUT2D eigenvalue weighted by Crippen LogP contribution is 2.43. The zero-order valence-corrected chi connectivity index (χ0v) is 17.2. The van der Waals surface area contributed by atoms with Gasteiger partial charge in [-0.2, -0.15) is 0 Å². The number of methoxy groups -OCH3 is 2. The molecule has 0 aliphatic carbocycles. The summed E-state index contributed by atoms with van der Waals surface area (Å²) < 4.78 is 11.5. The molecule has 1 unspecified atom stereocenters. The molecule has 6 nitrogen and oxygen atoms in total. The lowest BCUT2D eigenvalue weighted by atomic mass is 9.89. The molecule has 4 rings (SSSR count). The van der Waals surface area contributed by atoms with E-state index in [4.69, 9.17) is 9.47 Å². The average molecular weight is 406 g/mol. The molecule has 1 N–H and O–H groups in total. The molecule has 0 spiro atoms. The van der Waals surface area contributed by atoms with Gasteiger partial charge in [-0.15, -0.1) is 0 Å². The monoisotopic (exact) mass is 406 g/mol. The molecule has 6 heteroatoms. The second-order valence-electron chi connectivity index (χ2n) is 7.54. The molecule has 2 heterocycles. The number of rotatable bonds is 6. The Bertz CT molecular complexity index is 1020. The van der Waals surface area contributed by atoms with E-state index < -0.39 is 5.97 Å². The highest BCUT2D eigenvalue weighted by atomic mass is 16.5. The first-order chi connectivity index (χ1) is 14.6. The second-order valence-corrected chi connectivity index (χ2v) is 7.54. The first kappa shape index (κ1) is 20.2. The molecule has 1 atom stereocenters. The lowest BCUT2D eigenvalue weighted by Gasteiger charge is -2.38. The van der Waals surface area contributed by atoms with Crippen LogP contribution in [0.15, 0.2) is 54.7 Å². The topological polar surface area (TPSA) is 71.9 Å². The summed E-state index contributed by atoms with van der Waals surface area (Å²) >= 11 is 0. The maximum absolute atomic E-state index is 11.5. The number of carbonyl (C=O) groups is 1. The predicted molar refractivity (Wildman–Crippen MR) is 115 cm³/mol. The fourth-order valence-corrected chi connectivity index (χ4v) is 4.45. The first-order valence-corrected chi connectivity index (χ1v) is 10.2. The van der Waals surface area contributed by atoms with Crippen LogP contribution in [0.2, 0.25) is 0 Å². The summed E-state index contributed by atoms with van der Waals surface area (Å²) in [6.07, 6.45) is 3.06. The highest BCUT2D eigenvalue weighted by molar-refractivity contribution is 5.83. The summed E-state index contributed by atoms with van der Waals surface area (Å²) in [7, 11) is 3.33. The molecule has 3 aromatic rings. The van der Waals surface area contributed by atoms with Gasteiger partial charge in [-0.1, -0.05) is 24.3 Å². The van der Waals surface area contributed by atoms with Gasteiger partial charge >= 0.3 is 5.97 Å². The molecular weight excluding hydrogens is 380 g/mol. The number of likely N-dealkylation sites (tertiary alicyclic amines) is 1. The van der Waals surface area contributed by atoms with Crippen LogP contribution in [0, 0.1) is 5.92 Å². The lowest BCUT2D eigenvalue weighted by molar-refractivity contribution is -0.143. The highest BCUT2D eigenvalue weighted by Gasteiger charge is 2.34. The number of aliphatic carboxylic acids is 1. The van der Waals surface area contributed by atoms with Crippen molar-refractivity contribution in [3.05, 3.63) is 65.9 Å². The quantitative estimate of drug-likeness (QED) is 0.663. The third kappa shape index (κ3) is 3.71. The molecule has 1 aliphatic heterocycles. The molecule has 0 bridgehead atoms. The van der Waals surface area contributed by atoms with Crippen molar-refractivity contribution >= 4 is 16.9 Å². The van der Waals surface area contributed by atoms with Gasteiger partial charge in [0.15, 0.2) is 0 Å². The van der Waals surface area contributed by atoms with Gasteiger partial charge in [0.05, 0.1) is 37.3 Å². The van der Waals surface area contributed by atoms with E-state index in [2.05, 4.69) is 16.0 Å². The number of piperidine rings is 1. The summed E-state index contributed by atoms with van der Waals surface area (Å²) in [4.78, 5) is 18.3. The number of carboxylic acid groups (broad SMARTS) is 1. The Hall–Kier alpha value is -3.12. The number of nitrogens with zero attached hydrogens (tertiary/aromatic N) is 2.